The number of rotatable bonds is 6. The van der Waals surface area contributed by atoms with Crippen molar-refractivity contribution in [1.29, 1.82) is 5.26 Å². The summed E-state index contributed by atoms with van der Waals surface area (Å²) in [5.41, 5.74) is 1.12. The van der Waals surface area contributed by atoms with Gasteiger partial charge in [0.25, 0.3) is 0 Å². The van der Waals surface area contributed by atoms with Crippen molar-refractivity contribution in [1.82, 2.24) is 4.90 Å². The van der Waals surface area contributed by atoms with Gasteiger partial charge in [-0.3, -0.25) is 4.90 Å². The SMILES string of the molecule is CC(C)N(CCC#N)Cc1ccccc1C(=O)O. The van der Waals surface area contributed by atoms with Crippen LogP contribution in [0, 0.1) is 11.3 Å². The molecule has 0 spiro atoms. The topological polar surface area (TPSA) is 64.3 Å². The zero-order chi connectivity index (χ0) is 13.5. The molecule has 0 fully saturated rings. The minimum Gasteiger partial charge on any atom is -0.478 e. The highest BCUT2D eigenvalue weighted by atomic mass is 16.4. The number of carboxylic acids is 1. The number of nitrogens with zero attached hydrogens (tertiary/aromatic N) is 2. The van der Waals surface area contributed by atoms with E-state index in [4.69, 9.17) is 10.4 Å². The van der Waals surface area contributed by atoms with E-state index >= 15 is 0 Å². The predicted molar refractivity (Wildman–Crippen MR) is 69.2 cm³/mol. The van der Waals surface area contributed by atoms with Gasteiger partial charge in [-0.05, 0) is 25.5 Å². The van der Waals surface area contributed by atoms with Crippen LogP contribution in [0.15, 0.2) is 24.3 Å². The summed E-state index contributed by atoms with van der Waals surface area (Å²) in [5.74, 6) is -0.908. The summed E-state index contributed by atoms with van der Waals surface area (Å²) < 4.78 is 0. The minimum atomic E-state index is -0.908. The maximum absolute atomic E-state index is 11.1. The zero-order valence-electron chi connectivity index (χ0n) is 10.8. The number of aromatic carboxylic acids is 1. The van der Waals surface area contributed by atoms with E-state index in [1.807, 2.05) is 26.0 Å². The third-order valence-electron chi connectivity index (χ3n) is 2.86. The van der Waals surface area contributed by atoms with Crippen LogP contribution < -0.4 is 0 Å². The number of benzene rings is 1. The molecule has 1 rings (SSSR count). The first-order valence-corrected chi connectivity index (χ1v) is 5.98. The highest BCUT2D eigenvalue weighted by Crippen LogP contribution is 2.14. The molecule has 0 aliphatic rings. The first kappa shape index (κ1) is 14.2. The van der Waals surface area contributed by atoms with Gasteiger partial charge in [0.05, 0.1) is 11.6 Å². The van der Waals surface area contributed by atoms with Crippen LogP contribution in [-0.4, -0.2) is 28.6 Å². The first-order chi connectivity index (χ1) is 8.56. The van der Waals surface area contributed by atoms with E-state index in [9.17, 15) is 4.79 Å². The molecule has 0 atom stereocenters. The lowest BCUT2D eigenvalue weighted by Gasteiger charge is -2.26. The summed E-state index contributed by atoms with van der Waals surface area (Å²) in [6.07, 6.45) is 0.452. The van der Waals surface area contributed by atoms with E-state index in [1.54, 1.807) is 12.1 Å². The predicted octanol–water partition coefficient (Wildman–Crippen LogP) is 2.51. The fourth-order valence-corrected chi connectivity index (χ4v) is 1.80. The van der Waals surface area contributed by atoms with E-state index in [0.717, 1.165) is 5.56 Å². The van der Waals surface area contributed by atoms with E-state index in [2.05, 4.69) is 11.0 Å². The Kier molecular flexibility index (Phi) is 5.34. The monoisotopic (exact) mass is 246 g/mol. The van der Waals surface area contributed by atoms with Crippen molar-refractivity contribution in [3.8, 4) is 6.07 Å². The molecule has 4 heteroatoms. The van der Waals surface area contributed by atoms with Crippen LogP contribution in [0.2, 0.25) is 0 Å². The van der Waals surface area contributed by atoms with Crippen LogP contribution in [0.1, 0.15) is 36.2 Å². The van der Waals surface area contributed by atoms with Crippen LogP contribution >= 0.6 is 0 Å². The second-order valence-corrected chi connectivity index (χ2v) is 4.43. The molecule has 96 valence electrons. The molecule has 0 saturated carbocycles. The van der Waals surface area contributed by atoms with Crippen molar-refractivity contribution < 1.29 is 9.90 Å². The van der Waals surface area contributed by atoms with E-state index < -0.39 is 5.97 Å². The van der Waals surface area contributed by atoms with Gasteiger partial charge in [0.15, 0.2) is 0 Å². The quantitative estimate of drug-likeness (QED) is 0.837. The van der Waals surface area contributed by atoms with Crippen molar-refractivity contribution in [3.05, 3.63) is 35.4 Å². The Morgan fingerprint density at radius 1 is 1.44 bits per heavy atom. The van der Waals surface area contributed by atoms with Gasteiger partial charge in [0, 0.05) is 25.6 Å². The normalized spacial score (nSPS) is 10.6. The molecule has 0 aromatic heterocycles. The van der Waals surface area contributed by atoms with Gasteiger partial charge in [0.1, 0.15) is 0 Å². The molecule has 0 bridgehead atoms. The van der Waals surface area contributed by atoms with Crippen molar-refractivity contribution in [3.63, 3.8) is 0 Å². The highest BCUT2D eigenvalue weighted by molar-refractivity contribution is 5.89. The van der Waals surface area contributed by atoms with Crippen LogP contribution in [0.5, 0.6) is 0 Å². The summed E-state index contributed by atoms with van der Waals surface area (Å²) in [4.78, 5) is 13.2. The smallest absolute Gasteiger partial charge is 0.336 e. The van der Waals surface area contributed by atoms with Crippen molar-refractivity contribution in [2.75, 3.05) is 6.54 Å². The molecule has 1 aromatic rings. The molecule has 1 aromatic carbocycles. The number of nitriles is 1. The molecule has 1 N–H and O–H groups in total. The largest absolute Gasteiger partial charge is 0.478 e. The average molecular weight is 246 g/mol. The van der Waals surface area contributed by atoms with Crippen LogP contribution in [0.25, 0.3) is 0 Å². The molecule has 0 saturated heterocycles. The van der Waals surface area contributed by atoms with Crippen molar-refractivity contribution >= 4 is 5.97 Å². The van der Waals surface area contributed by atoms with Crippen LogP contribution in [0.4, 0.5) is 0 Å². The Balaban J connectivity index is 2.87. The molecule has 0 unspecified atom stereocenters. The van der Waals surface area contributed by atoms with Gasteiger partial charge in [-0.2, -0.15) is 5.26 Å². The Morgan fingerprint density at radius 3 is 2.67 bits per heavy atom. The molecule has 0 aliphatic heterocycles. The summed E-state index contributed by atoms with van der Waals surface area (Å²) in [6, 6.07) is 9.39. The molecule has 4 nitrogen and oxygen atoms in total. The summed E-state index contributed by atoms with van der Waals surface area (Å²) >= 11 is 0. The summed E-state index contributed by atoms with van der Waals surface area (Å²) in [5, 5.41) is 17.8. The number of hydrogen-bond donors (Lipinski definition) is 1. The summed E-state index contributed by atoms with van der Waals surface area (Å²) in [7, 11) is 0. The fraction of sp³-hybridized carbons (Fsp3) is 0.429. The van der Waals surface area contributed by atoms with E-state index in [1.165, 1.54) is 0 Å². The molecule has 18 heavy (non-hydrogen) atoms. The molecular weight excluding hydrogens is 228 g/mol. The molecule has 0 radical (unpaired) electrons. The van der Waals surface area contributed by atoms with Gasteiger partial charge in [-0.25, -0.2) is 4.79 Å². The van der Waals surface area contributed by atoms with Crippen LogP contribution in [-0.2, 0) is 6.54 Å². The second kappa shape index (κ2) is 6.77. The zero-order valence-corrected chi connectivity index (χ0v) is 10.8. The standard InChI is InChI=1S/C14H18N2O2/c1-11(2)16(9-5-8-15)10-12-6-3-4-7-13(12)14(17)18/h3-4,6-7,11H,5,9-10H2,1-2H3,(H,17,18). The molecule has 0 aliphatic carbocycles. The number of carboxylic acid groups (broad SMARTS) is 1. The Labute approximate surface area is 107 Å². The van der Waals surface area contributed by atoms with E-state index in [0.29, 0.717) is 25.1 Å². The van der Waals surface area contributed by atoms with Crippen LogP contribution in [0.3, 0.4) is 0 Å². The Hall–Kier alpha value is -1.86. The lowest BCUT2D eigenvalue weighted by molar-refractivity contribution is 0.0694. The maximum Gasteiger partial charge on any atom is 0.336 e. The van der Waals surface area contributed by atoms with Gasteiger partial charge >= 0.3 is 5.97 Å². The number of hydrogen-bond acceptors (Lipinski definition) is 3. The average Bonchev–Trinajstić information content (AvgIpc) is 2.34. The lowest BCUT2D eigenvalue weighted by atomic mass is 10.1. The fourth-order valence-electron chi connectivity index (χ4n) is 1.80. The van der Waals surface area contributed by atoms with Gasteiger partial charge in [-0.15, -0.1) is 0 Å². The van der Waals surface area contributed by atoms with Gasteiger partial charge in [-0.1, -0.05) is 18.2 Å². The lowest BCUT2D eigenvalue weighted by Crippen LogP contribution is -2.31. The maximum atomic E-state index is 11.1. The summed E-state index contributed by atoms with van der Waals surface area (Å²) in [6.45, 7) is 5.30. The molecular formula is C14H18N2O2. The van der Waals surface area contributed by atoms with Gasteiger partial charge < -0.3 is 5.11 Å². The minimum absolute atomic E-state index is 0.278. The van der Waals surface area contributed by atoms with Crippen molar-refractivity contribution in [2.45, 2.75) is 32.9 Å². The van der Waals surface area contributed by atoms with E-state index in [-0.39, 0.29) is 6.04 Å². The molecule has 0 amide bonds. The number of carbonyl (C=O) groups is 1. The third-order valence-corrected chi connectivity index (χ3v) is 2.86. The Bertz CT molecular complexity index is 449. The Morgan fingerprint density at radius 2 is 2.11 bits per heavy atom. The highest BCUT2D eigenvalue weighted by Gasteiger charge is 2.14. The molecule has 0 heterocycles. The third kappa shape index (κ3) is 3.86. The first-order valence-electron chi connectivity index (χ1n) is 5.98. The van der Waals surface area contributed by atoms with Crippen molar-refractivity contribution in [2.24, 2.45) is 0 Å². The van der Waals surface area contributed by atoms with Gasteiger partial charge in [0.2, 0.25) is 0 Å². The second-order valence-electron chi connectivity index (χ2n) is 4.43.